The van der Waals surface area contributed by atoms with E-state index >= 15 is 0 Å². The Kier molecular flexibility index (Phi) is 49.0. The summed E-state index contributed by atoms with van der Waals surface area (Å²) in [7, 11) is 0. The second-order valence-electron chi connectivity index (χ2n) is 17.0. The highest BCUT2D eigenvalue weighted by atomic mass is 16.6. The van der Waals surface area contributed by atoms with Crippen LogP contribution in [-0.4, -0.2) is 37.2 Å². The van der Waals surface area contributed by atoms with Crippen LogP contribution < -0.4 is 0 Å². The van der Waals surface area contributed by atoms with Crippen molar-refractivity contribution in [2.75, 3.05) is 13.2 Å². The van der Waals surface area contributed by atoms with Gasteiger partial charge in [0, 0.05) is 19.3 Å². The lowest BCUT2D eigenvalue weighted by Crippen LogP contribution is -2.30. The second-order valence-corrected chi connectivity index (χ2v) is 17.0. The largest absolute Gasteiger partial charge is 0.462 e. The Bertz CT molecular complexity index is 1300. The summed E-state index contributed by atoms with van der Waals surface area (Å²) in [5.41, 5.74) is 0. The third-order valence-electron chi connectivity index (χ3n) is 10.8. The molecule has 0 aliphatic carbocycles. The first-order valence-electron chi connectivity index (χ1n) is 26.2. The SMILES string of the molecule is CC/C=C\C/C=C\C/C=C\C/C=C\C/C=C\CCCCCCCC(=O)OCC(COC(=O)CCCCCCCCCCCC)OC(=O)CCCCCCC/C=C\C/C=C\C/C=C\CC. The fourth-order valence-corrected chi connectivity index (χ4v) is 6.95. The summed E-state index contributed by atoms with van der Waals surface area (Å²) in [6, 6.07) is 0. The minimum absolute atomic E-state index is 0.0906. The number of ether oxygens (including phenoxy) is 3. The molecule has 0 fully saturated rings. The molecule has 0 N–H and O–H groups in total. The number of unbranched alkanes of at least 4 members (excludes halogenated alkanes) is 19. The van der Waals surface area contributed by atoms with Gasteiger partial charge in [-0.3, -0.25) is 14.4 Å². The molecule has 0 aliphatic rings. The van der Waals surface area contributed by atoms with Crippen LogP contribution in [0.15, 0.2) is 97.2 Å². The summed E-state index contributed by atoms with van der Waals surface area (Å²) in [5, 5.41) is 0. The highest BCUT2D eigenvalue weighted by Gasteiger charge is 2.19. The Hall–Kier alpha value is -3.67. The molecule has 0 aromatic heterocycles. The van der Waals surface area contributed by atoms with Crippen LogP contribution in [-0.2, 0) is 28.6 Å². The van der Waals surface area contributed by atoms with Gasteiger partial charge >= 0.3 is 17.9 Å². The Labute approximate surface area is 394 Å². The van der Waals surface area contributed by atoms with Crippen molar-refractivity contribution in [1.82, 2.24) is 0 Å². The van der Waals surface area contributed by atoms with E-state index in [2.05, 4.69) is 118 Å². The van der Waals surface area contributed by atoms with Gasteiger partial charge in [-0.15, -0.1) is 0 Å². The van der Waals surface area contributed by atoms with Crippen molar-refractivity contribution < 1.29 is 28.6 Å². The molecule has 0 bridgehead atoms. The van der Waals surface area contributed by atoms with E-state index in [1.807, 2.05) is 0 Å². The van der Waals surface area contributed by atoms with Gasteiger partial charge in [-0.1, -0.05) is 214 Å². The van der Waals surface area contributed by atoms with Gasteiger partial charge in [0.2, 0.25) is 0 Å². The van der Waals surface area contributed by atoms with Crippen LogP contribution in [0.1, 0.15) is 233 Å². The lowest BCUT2D eigenvalue weighted by molar-refractivity contribution is -0.167. The minimum atomic E-state index is -0.793. The molecule has 0 spiro atoms. The lowest BCUT2D eigenvalue weighted by atomic mass is 10.1. The van der Waals surface area contributed by atoms with E-state index in [1.165, 1.54) is 44.9 Å². The zero-order valence-corrected chi connectivity index (χ0v) is 41.5. The normalized spacial score (nSPS) is 12.9. The van der Waals surface area contributed by atoms with Gasteiger partial charge in [-0.05, 0) is 96.3 Å². The average molecular weight is 889 g/mol. The van der Waals surface area contributed by atoms with Crippen molar-refractivity contribution in [3.63, 3.8) is 0 Å². The molecule has 0 amide bonds. The van der Waals surface area contributed by atoms with Crippen molar-refractivity contribution >= 4 is 17.9 Å². The fourth-order valence-electron chi connectivity index (χ4n) is 6.95. The third-order valence-corrected chi connectivity index (χ3v) is 10.8. The quantitative estimate of drug-likeness (QED) is 0.0262. The van der Waals surface area contributed by atoms with E-state index < -0.39 is 6.10 Å². The van der Waals surface area contributed by atoms with Crippen molar-refractivity contribution in [1.29, 1.82) is 0 Å². The van der Waals surface area contributed by atoms with Crippen LogP contribution in [0.3, 0.4) is 0 Å². The van der Waals surface area contributed by atoms with Gasteiger partial charge in [0.15, 0.2) is 6.10 Å². The number of rotatable bonds is 46. The number of hydrogen-bond acceptors (Lipinski definition) is 6. The topological polar surface area (TPSA) is 78.9 Å². The highest BCUT2D eigenvalue weighted by Crippen LogP contribution is 2.14. The molecule has 0 aromatic carbocycles. The first kappa shape index (κ1) is 60.3. The fraction of sp³-hybridized carbons (Fsp3) is 0.672. The molecule has 0 aromatic rings. The van der Waals surface area contributed by atoms with Gasteiger partial charge in [-0.25, -0.2) is 0 Å². The maximum Gasteiger partial charge on any atom is 0.306 e. The molecule has 0 aliphatic heterocycles. The van der Waals surface area contributed by atoms with Gasteiger partial charge < -0.3 is 14.2 Å². The zero-order chi connectivity index (χ0) is 46.5. The van der Waals surface area contributed by atoms with Crippen molar-refractivity contribution in [3.8, 4) is 0 Å². The van der Waals surface area contributed by atoms with E-state index in [-0.39, 0.29) is 31.1 Å². The Morgan fingerprint density at radius 1 is 0.328 bits per heavy atom. The Balaban J connectivity index is 4.40. The number of esters is 3. The van der Waals surface area contributed by atoms with E-state index in [4.69, 9.17) is 14.2 Å². The van der Waals surface area contributed by atoms with Gasteiger partial charge in [0.1, 0.15) is 13.2 Å². The first-order valence-corrected chi connectivity index (χ1v) is 26.2. The van der Waals surface area contributed by atoms with Gasteiger partial charge in [0.25, 0.3) is 0 Å². The third kappa shape index (κ3) is 49.3. The Morgan fingerprint density at radius 2 is 0.609 bits per heavy atom. The van der Waals surface area contributed by atoms with Crippen LogP contribution in [0.25, 0.3) is 0 Å². The Morgan fingerprint density at radius 3 is 0.953 bits per heavy atom. The molecular weight excluding hydrogens is 793 g/mol. The van der Waals surface area contributed by atoms with E-state index in [1.54, 1.807) is 0 Å². The smallest absolute Gasteiger partial charge is 0.306 e. The van der Waals surface area contributed by atoms with Crippen LogP contribution in [0.5, 0.6) is 0 Å². The van der Waals surface area contributed by atoms with Crippen LogP contribution in [0, 0.1) is 0 Å². The van der Waals surface area contributed by atoms with Gasteiger partial charge in [0.05, 0.1) is 0 Å². The number of carbonyl (C=O) groups excluding carboxylic acids is 3. The number of hydrogen-bond donors (Lipinski definition) is 0. The second kappa shape index (κ2) is 52.0. The summed E-state index contributed by atoms with van der Waals surface area (Å²) in [6.07, 6.45) is 68.2. The molecule has 0 rings (SSSR count). The molecule has 364 valence electrons. The monoisotopic (exact) mass is 889 g/mol. The molecule has 0 saturated heterocycles. The van der Waals surface area contributed by atoms with E-state index in [0.717, 1.165) is 148 Å². The molecular formula is C58H96O6. The maximum atomic E-state index is 12.8. The van der Waals surface area contributed by atoms with Crippen molar-refractivity contribution in [2.45, 2.75) is 239 Å². The first-order chi connectivity index (χ1) is 31.5. The molecule has 0 radical (unpaired) electrons. The molecule has 1 unspecified atom stereocenters. The molecule has 6 heteroatoms. The number of carbonyl (C=O) groups is 3. The summed E-state index contributed by atoms with van der Waals surface area (Å²) < 4.78 is 16.8. The van der Waals surface area contributed by atoms with E-state index in [0.29, 0.717) is 19.3 Å². The standard InChI is InChI=1S/C58H96O6/c1-4-7-10-13-16-19-22-24-26-27-28-29-30-31-33-34-36-39-42-45-48-51-57(60)63-54-55(53-62-56(59)50-47-44-41-38-21-18-15-12-9-6-3)64-58(61)52-49-46-43-40-37-35-32-25-23-20-17-14-11-8-5-2/h7-8,10-11,16-17,19-20,24-26,28-29,31-33,55H,4-6,9,12-15,18,21-23,27,30,34-54H2,1-3H3/b10-7-,11-8-,19-16-,20-17-,26-24-,29-28-,32-25-,33-31-. The summed E-state index contributed by atoms with van der Waals surface area (Å²) >= 11 is 0. The average Bonchev–Trinajstić information content (AvgIpc) is 3.29. The van der Waals surface area contributed by atoms with E-state index in [9.17, 15) is 14.4 Å². The lowest BCUT2D eigenvalue weighted by Gasteiger charge is -2.18. The van der Waals surface area contributed by atoms with Crippen LogP contribution in [0.2, 0.25) is 0 Å². The molecule has 1 atom stereocenters. The summed E-state index contributed by atoms with van der Waals surface area (Å²) in [4.78, 5) is 38.0. The van der Waals surface area contributed by atoms with Crippen molar-refractivity contribution in [2.24, 2.45) is 0 Å². The van der Waals surface area contributed by atoms with Gasteiger partial charge in [-0.2, -0.15) is 0 Å². The molecule has 64 heavy (non-hydrogen) atoms. The molecule has 0 heterocycles. The maximum absolute atomic E-state index is 12.8. The van der Waals surface area contributed by atoms with Crippen molar-refractivity contribution in [3.05, 3.63) is 97.2 Å². The summed E-state index contributed by atoms with van der Waals surface area (Å²) in [5.74, 6) is -0.931. The predicted molar refractivity (Wildman–Crippen MR) is 274 cm³/mol. The molecule has 6 nitrogen and oxygen atoms in total. The molecule has 0 saturated carbocycles. The van der Waals surface area contributed by atoms with Crippen LogP contribution in [0.4, 0.5) is 0 Å². The number of allylic oxidation sites excluding steroid dienone is 16. The predicted octanol–water partition coefficient (Wildman–Crippen LogP) is 17.4. The summed E-state index contributed by atoms with van der Waals surface area (Å²) in [6.45, 7) is 6.36. The highest BCUT2D eigenvalue weighted by molar-refractivity contribution is 5.71. The van der Waals surface area contributed by atoms with Crippen LogP contribution >= 0.6 is 0 Å². The minimum Gasteiger partial charge on any atom is -0.462 e. The zero-order valence-electron chi connectivity index (χ0n) is 41.5.